The fourth-order valence-electron chi connectivity index (χ4n) is 1.79. The van der Waals surface area contributed by atoms with E-state index in [0.717, 1.165) is 26.1 Å². The average molecular weight is 213 g/mol. The first kappa shape index (κ1) is 12.5. The molecule has 1 amide bonds. The van der Waals surface area contributed by atoms with Crippen LogP contribution in [0.5, 0.6) is 0 Å². The first-order valence-electron chi connectivity index (χ1n) is 5.83. The SMILES string of the molecule is CCC(C)NC(=O)CC1CN(C)CCN1. The van der Waals surface area contributed by atoms with Gasteiger partial charge in [-0.3, -0.25) is 4.79 Å². The Morgan fingerprint density at radius 3 is 3.00 bits per heavy atom. The Kier molecular flexibility index (Phi) is 5.05. The Hall–Kier alpha value is -0.610. The summed E-state index contributed by atoms with van der Waals surface area (Å²) in [5.41, 5.74) is 0. The number of hydrogen-bond acceptors (Lipinski definition) is 3. The molecule has 1 saturated heterocycles. The highest BCUT2D eigenvalue weighted by atomic mass is 16.1. The predicted molar refractivity (Wildman–Crippen MR) is 61.8 cm³/mol. The summed E-state index contributed by atoms with van der Waals surface area (Å²) in [7, 11) is 2.10. The van der Waals surface area contributed by atoms with Crippen molar-refractivity contribution in [2.45, 2.75) is 38.8 Å². The number of likely N-dealkylation sites (N-methyl/N-ethyl adjacent to an activating group) is 1. The largest absolute Gasteiger partial charge is 0.354 e. The molecule has 0 aromatic heterocycles. The van der Waals surface area contributed by atoms with Gasteiger partial charge in [0.25, 0.3) is 0 Å². The number of hydrogen-bond donors (Lipinski definition) is 2. The lowest BCUT2D eigenvalue weighted by atomic mass is 10.1. The van der Waals surface area contributed by atoms with Crippen molar-refractivity contribution in [1.29, 1.82) is 0 Å². The van der Waals surface area contributed by atoms with Crippen LogP contribution in [0.2, 0.25) is 0 Å². The summed E-state index contributed by atoms with van der Waals surface area (Å²) in [6.45, 7) is 7.14. The molecule has 4 nitrogen and oxygen atoms in total. The zero-order chi connectivity index (χ0) is 11.3. The molecular weight excluding hydrogens is 190 g/mol. The standard InChI is InChI=1S/C11H23N3O/c1-4-9(2)13-11(15)7-10-8-14(3)6-5-12-10/h9-10,12H,4-8H2,1-3H3,(H,13,15). The number of nitrogens with one attached hydrogen (secondary N) is 2. The molecule has 0 aromatic rings. The summed E-state index contributed by atoms with van der Waals surface area (Å²) in [6.07, 6.45) is 1.58. The molecule has 4 heteroatoms. The number of nitrogens with zero attached hydrogens (tertiary/aromatic N) is 1. The van der Waals surface area contributed by atoms with Crippen LogP contribution in [0.1, 0.15) is 26.7 Å². The predicted octanol–water partition coefficient (Wildman–Crippen LogP) is 0.195. The molecule has 2 atom stereocenters. The Labute approximate surface area is 92.4 Å². The highest BCUT2D eigenvalue weighted by molar-refractivity contribution is 5.76. The maximum Gasteiger partial charge on any atom is 0.221 e. The van der Waals surface area contributed by atoms with Crippen LogP contribution in [0.25, 0.3) is 0 Å². The van der Waals surface area contributed by atoms with Crippen molar-refractivity contribution in [1.82, 2.24) is 15.5 Å². The van der Waals surface area contributed by atoms with Gasteiger partial charge in [-0.05, 0) is 20.4 Å². The van der Waals surface area contributed by atoms with Crippen LogP contribution in [0.15, 0.2) is 0 Å². The lowest BCUT2D eigenvalue weighted by Gasteiger charge is -2.30. The minimum Gasteiger partial charge on any atom is -0.354 e. The van der Waals surface area contributed by atoms with Gasteiger partial charge in [-0.1, -0.05) is 6.92 Å². The zero-order valence-corrected chi connectivity index (χ0v) is 10.0. The van der Waals surface area contributed by atoms with Crippen LogP contribution >= 0.6 is 0 Å². The third-order valence-corrected chi connectivity index (χ3v) is 2.91. The molecule has 1 aliphatic heterocycles. The summed E-state index contributed by atoms with van der Waals surface area (Å²) in [6, 6.07) is 0.603. The quantitative estimate of drug-likeness (QED) is 0.701. The van der Waals surface area contributed by atoms with E-state index in [0.29, 0.717) is 18.5 Å². The Morgan fingerprint density at radius 2 is 2.40 bits per heavy atom. The van der Waals surface area contributed by atoms with E-state index in [2.05, 4.69) is 29.5 Å². The molecule has 2 unspecified atom stereocenters. The third kappa shape index (κ3) is 4.62. The smallest absolute Gasteiger partial charge is 0.221 e. The first-order chi connectivity index (χ1) is 7.11. The Bertz CT molecular complexity index is 208. The maximum absolute atomic E-state index is 11.6. The molecule has 0 aromatic carbocycles. The molecular formula is C11H23N3O. The van der Waals surface area contributed by atoms with Gasteiger partial charge in [0, 0.05) is 38.1 Å². The molecule has 0 spiro atoms. The normalized spacial score (nSPS) is 24.9. The Balaban J connectivity index is 2.24. The monoisotopic (exact) mass is 213 g/mol. The van der Waals surface area contributed by atoms with E-state index < -0.39 is 0 Å². The minimum absolute atomic E-state index is 0.164. The third-order valence-electron chi connectivity index (χ3n) is 2.91. The highest BCUT2D eigenvalue weighted by Crippen LogP contribution is 2.01. The molecule has 1 heterocycles. The molecule has 1 aliphatic rings. The molecule has 1 rings (SSSR count). The van der Waals surface area contributed by atoms with Gasteiger partial charge in [0.1, 0.15) is 0 Å². The van der Waals surface area contributed by atoms with Gasteiger partial charge in [0.05, 0.1) is 0 Å². The topological polar surface area (TPSA) is 44.4 Å². The fraction of sp³-hybridized carbons (Fsp3) is 0.909. The molecule has 0 radical (unpaired) electrons. The second kappa shape index (κ2) is 6.08. The van der Waals surface area contributed by atoms with Crippen LogP contribution in [0.3, 0.4) is 0 Å². The summed E-state index contributed by atoms with van der Waals surface area (Å²) in [5, 5.41) is 6.36. The number of piperazine rings is 1. The average Bonchev–Trinajstić information content (AvgIpc) is 2.17. The van der Waals surface area contributed by atoms with E-state index in [-0.39, 0.29) is 5.91 Å². The lowest BCUT2D eigenvalue weighted by molar-refractivity contribution is -0.122. The van der Waals surface area contributed by atoms with Crippen LogP contribution in [0, 0.1) is 0 Å². The number of carbonyl (C=O) groups excluding carboxylic acids is 1. The van der Waals surface area contributed by atoms with Crippen molar-refractivity contribution in [3.05, 3.63) is 0 Å². The zero-order valence-electron chi connectivity index (χ0n) is 10.0. The number of carbonyl (C=O) groups is 1. The van der Waals surface area contributed by atoms with Gasteiger partial charge in [-0.25, -0.2) is 0 Å². The maximum atomic E-state index is 11.6. The van der Waals surface area contributed by atoms with Gasteiger partial charge >= 0.3 is 0 Å². The number of amides is 1. The van der Waals surface area contributed by atoms with Crippen LogP contribution in [-0.2, 0) is 4.79 Å². The summed E-state index contributed by atoms with van der Waals surface area (Å²) >= 11 is 0. The van der Waals surface area contributed by atoms with E-state index >= 15 is 0 Å². The van der Waals surface area contributed by atoms with E-state index in [4.69, 9.17) is 0 Å². The molecule has 1 fully saturated rings. The minimum atomic E-state index is 0.164. The highest BCUT2D eigenvalue weighted by Gasteiger charge is 2.19. The Morgan fingerprint density at radius 1 is 1.67 bits per heavy atom. The summed E-state index contributed by atoms with van der Waals surface area (Å²) < 4.78 is 0. The molecule has 15 heavy (non-hydrogen) atoms. The van der Waals surface area contributed by atoms with Crippen LogP contribution < -0.4 is 10.6 Å². The van der Waals surface area contributed by atoms with Crippen molar-refractivity contribution in [2.24, 2.45) is 0 Å². The van der Waals surface area contributed by atoms with Crippen molar-refractivity contribution in [2.75, 3.05) is 26.7 Å². The summed E-state index contributed by atoms with van der Waals surface area (Å²) in [4.78, 5) is 13.9. The van der Waals surface area contributed by atoms with E-state index in [1.165, 1.54) is 0 Å². The van der Waals surface area contributed by atoms with Gasteiger partial charge in [-0.2, -0.15) is 0 Å². The second-order valence-electron chi connectivity index (χ2n) is 4.49. The van der Waals surface area contributed by atoms with Gasteiger partial charge < -0.3 is 15.5 Å². The van der Waals surface area contributed by atoms with Gasteiger partial charge in [0.2, 0.25) is 5.91 Å². The molecule has 0 aliphatic carbocycles. The van der Waals surface area contributed by atoms with E-state index in [1.807, 2.05) is 6.92 Å². The fourth-order valence-corrected chi connectivity index (χ4v) is 1.79. The van der Waals surface area contributed by atoms with Gasteiger partial charge in [-0.15, -0.1) is 0 Å². The van der Waals surface area contributed by atoms with Crippen molar-refractivity contribution in [3.63, 3.8) is 0 Å². The van der Waals surface area contributed by atoms with Crippen molar-refractivity contribution < 1.29 is 4.79 Å². The van der Waals surface area contributed by atoms with Crippen LogP contribution in [0.4, 0.5) is 0 Å². The molecule has 0 bridgehead atoms. The van der Waals surface area contributed by atoms with E-state index in [9.17, 15) is 4.79 Å². The van der Waals surface area contributed by atoms with Gasteiger partial charge in [0.15, 0.2) is 0 Å². The van der Waals surface area contributed by atoms with E-state index in [1.54, 1.807) is 0 Å². The summed E-state index contributed by atoms with van der Waals surface area (Å²) in [5.74, 6) is 0.164. The van der Waals surface area contributed by atoms with Crippen molar-refractivity contribution in [3.8, 4) is 0 Å². The molecule has 88 valence electrons. The second-order valence-corrected chi connectivity index (χ2v) is 4.49. The van der Waals surface area contributed by atoms with Crippen LogP contribution in [-0.4, -0.2) is 49.6 Å². The van der Waals surface area contributed by atoms with Crippen molar-refractivity contribution >= 4 is 5.91 Å². The first-order valence-corrected chi connectivity index (χ1v) is 5.83. The molecule has 2 N–H and O–H groups in total. The molecule has 0 saturated carbocycles. The lowest BCUT2D eigenvalue weighted by Crippen LogP contribution is -2.51. The number of rotatable bonds is 4.